The first-order chi connectivity index (χ1) is 11.3. The van der Waals surface area contributed by atoms with E-state index in [4.69, 9.17) is 0 Å². The molecule has 132 valence electrons. The zero-order chi connectivity index (χ0) is 17.9. The molecule has 1 atom stereocenters. The van der Waals surface area contributed by atoms with Crippen LogP contribution in [0, 0.1) is 0 Å². The number of carbonyl (C=O) groups is 2. The van der Waals surface area contributed by atoms with Crippen LogP contribution in [0.3, 0.4) is 0 Å². The van der Waals surface area contributed by atoms with Crippen molar-refractivity contribution in [3.63, 3.8) is 0 Å². The van der Waals surface area contributed by atoms with Gasteiger partial charge in [-0.05, 0) is 30.7 Å². The Hall–Kier alpha value is -1.89. The highest BCUT2D eigenvalue weighted by molar-refractivity contribution is 7.90. The van der Waals surface area contributed by atoms with Gasteiger partial charge in [0.2, 0.25) is 5.91 Å². The number of amides is 2. The minimum Gasteiger partial charge on any atom is -0.342 e. The average molecular weight is 352 g/mol. The van der Waals surface area contributed by atoms with Gasteiger partial charge in [-0.1, -0.05) is 19.8 Å². The predicted molar refractivity (Wildman–Crippen MR) is 91.5 cm³/mol. The lowest BCUT2D eigenvalue weighted by atomic mass is 10.0. The Kier molecular flexibility index (Phi) is 5.64. The molecular weight excluding hydrogens is 328 g/mol. The lowest BCUT2D eigenvalue weighted by Gasteiger charge is -2.39. The van der Waals surface area contributed by atoms with Crippen LogP contribution in [0.1, 0.15) is 36.5 Å². The van der Waals surface area contributed by atoms with Crippen molar-refractivity contribution in [2.24, 2.45) is 0 Å². The largest absolute Gasteiger partial charge is 0.342 e. The standard InChI is InChI=1S/C17H24N2O4S/c1-4-5-6-15-17(21)18(2)11-12-19(15)16(20)13-7-9-14(10-8-13)24(3,22)23/h7-10,15H,4-6,11-12H2,1-3H3/t15-/m1/s1. The Balaban J connectivity index is 2.24. The molecule has 1 heterocycles. The van der Waals surface area contributed by atoms with E-state index in [2.05, 4.69) is 0 Å². The van der Waals surface area contributed by atoms with E-state index in [-0.39, 0.29) is 16.7 Å². The van der Waals surface area contributed by atoms with Crippen molar-refractivity contribution < 1.29 is 18.0 Å². The fourth-order valence-electron chi connectivity index (χ4n) is 2.84. The fourth-order valence-corrected chi connectivity index (χ4v) is 3.47. The quantitative estimate of drug-likeness (QED) is 0.806. The number of piperazine rings is 1. The topological polar surface area (TPSA) is 74.8 Å². The van der Waals surface area contributed by atoms with Crippen LogP contribution in [-0.4, -0.2) is 62.5 Å². The molecular formula is C17H24N2O4S. The van der Waals surface area contributed by atoms with Gasteiger partial charge in [-0.3, -0.25) is 9.59 Å². The van der Waals surface area contributed by atoms with E-state index in [1.165, 1.54) is 24.3 Å². The first kappa shape index (κ1) is 18.4. The van der Waals surface area contributed by atoms with Crippen molar-refractivity contribution >= 4 is 21.7 Å². The van der Waals surface area contributed by atoms with Gasteiger partial charge in [0.1, 0.15) is 6.04 Å². The van der Waals surface area contributed by atoms with Gasteiger partial charge in [-0.25, -0.2) is 8.42 Å². The number of nitrogens with zero attached hydrogens (tertiary/aromatic N) is 2. The zero-order valence-electron chi connectivity index (χ0n) is 14.4. The summed E-state index contributed by atoms with van der Waals surface area (Å²) >= 11 is 0. The molecule has 1 aromatic carbocycles. The summed E-state index contributed by atoms with van der Waals surface area (Å²) in [5.74, 6) is -0.256. The lowest BCUT2D eigenvalue weighted by Crippen LogP contribution is -2.57. The second-order valence-electron chi connectivity index (χ2n) is 6.21. The van der Waals surface area contributed by atoms with E-state index in [1.54, 1.807) is 16.8 Å². The maximum Gasteiger partial charge on any atom is 0.254 e. The van der Waals surface area contributed by atoms with Crippen LogP contribution in [0.15, 0.2) is 29.2 Å². The SMILES string of the molecule is CCCC[C@@H]1C(=O)N(C)CCN1C(=O)c1ccc(S(C)(=O)=O)cc1. The molecule has 0 N–H and O–H groups in total. The van der Waals surface area contributed by atoms with Crippen LogP contribution in [0.5, 0.6) is 0 Å². The number of likely N-dealkylation sites (N-methyl/N-ethyl adjacent to an activating group) is 1. The van der Waals surface area contributed by atoms with Crippen molar-refractivity contribution in [2.45, 2.75) is 37.1 Å². The lowest BCUT2D eigenvalue weighted by molar-refractivity contribution is -0.138. The van der Waals surface area contributed by atoms with Gasteiger partial charge in [0.25, 0.3) is 5.91 Å². The normalized spacial score (nSPS) is 18.8. The van der Waals surface area contributed by atoms with Crippen LogP contribution in [0.4, 0.5) is 0 Å². The molecule has 6 nitrogen and oxygen atoms in total. The van der Waals surface area contributed by atoms with Crippen LogP contribution in [0.2, 0.25) is 0 Å². The van der Waals surface area contributed by atoms with Gasteiger partial charge in [0.05, 0.1) is 4.90 Å². The minimum absolute atomic E-state index is 0.0317. The first-order valence-electron chi connectivity index (χ1n) is 8.11. The summed E-state index contributed by atoms with van der Waals surface area (Å²) in [6.07, 6.45) is 3.61. The Bertz CT molecular complexity index is 713. The van der Waals surface area contributed by atoms with Crippen molar-refractivity contribution in [3.8, 4) is 0 Å². The highest BCUT2D eigenvalue weighted by Crippen LogP contribution is 2.20. The first-order valence-corrected chi connectivity index (χ1v) is 10.0. The number of rotatable bonds is 5. The van der Waals surface area contributed by atoms with E-state index in [1.807, 2.05) is 6.92 Å². The maximum atomic E-state index is 12.8. The molecule has 0 bridgehead atoms. The third kappa shape index (κ3) is 3.95. The molecule has 24 heavy (non-hydrogen) atoms. The second-order valence-corrected chi connectivity index (χ2v) is 8.23. The number of unbranched alkanes of at least 4 members (excludes halogenated alkanes) is 1. The summed E-state index contributed by atoms with van der Waals surface area (Å²) in [7, 11) is -1.54. The third-order valence-electron chi connectivity index (χ3n) is 4.34. The van der Waals surface area contributed by atoms with Gasteiger partial charge in [0, 0.05) is 32.0 Å². The molecule has 2 rings (SSSR count). The number of benzene rings is 1. The molecule has 0 unspecified atom stereocenters. The Morgan fingerprint density at radius 3 is 2.38 bits per heavy atom. The fraction of sp³-hybridized carbons (Fsp3) is 0.529. The van der Waals surface area contributed by atoms with Crippen LogP contribution >= 0.6 is 0 Å². The van der Waals surface area contributed by atoms with E-state index in [0.717, 1.165) is 19.1 Å². The molecule has 0 aliphatic carbocycles. The third-order valence-corrected chi connectivity index (χ3v) is 5.46. The molecule has 2 amide bonds. The molecule has 7 heteroatoms. The molecule has 1 aliphatic rings. The Morgan fingerprint density at radius 2 is 1.83 bits per heavy atom. The van der Waals surface area contributed by atoms with Gasteiger partial charge in [-0.15, -0.1) is 0 Å². The maximum absolute atomic E-state index is 12.8. The average Bonchev–Trinajstić information content (AvgIpc) is 2.55. The van der Waals surface area contributed by atoms with Gasteiger partial charge >= 0.3 is 0 Å². The molecule has 1 fully saturated rings. The Labute approximate surface area is 143 Å². The zero-order valence-corrected chi connectivity index (χ0v) is 15.2. The van der Waals surface area contributed by atoms with E-state index in [0.29, 0.717) is 25.1 Å². The second kappa shape index (κ2) is 7.34. The summed E-state index contributed by atoms with van der Waals surface area (Å²) < 4.78 is 23.0. The predicted octanol–water partition coefficient (Wildman–Crippen LogP) is 1.56. The summed E-state index contributed by atoms with van der Waals surface area (Å²) in [5, 5.41) is 0. The summed E-state index contributed by atoms with van der Waals surface area (Å²) in [6, 6.07) is 5.45. The van der Waals surface area contributed by atoms with E-state index < -0.39 is 15.9 Å². The van der Waals surface area contributed by atoms with Gasteiger partial charge < -0.3 is 9.80 Å². The number of carbonyl (C=O) groups excluding carboxylic acids is 2. The molecule has 0 aromatic heterocycles. The molecule has 1 saturated heterocycles. The van der Waals surface area contributed by atoms with Crippen molar-refractivity contribution in [1.29, 1.82) is 0 Å². The molecule has 0 saturated carbocycles. The van der Waals surface area contributed by atoms with Crippen LogP contribution < -0.4 is 0 Å². The molecule has 0 radical (unpaired) electrons. The van der Waals surface area contributed by atoms with Gasteiger partial charge in [-0.2, -0.15) is 0 Å². The van der Waals surface area contributed by atoms with Crippen LogP contribution in [0.25, 0.3) is 0 Å². The summed E-state index contributed by atoms with van der Waals surface area (Å²) in [6.45, 7) is 3.05. The van der Waals surface area contributed by atoms with Gasteiger partial charge in [0.15, 0.2) is 9.84 Å². The highest BCUT2D eigenvalue weighted by Gasteiger charge is 2.35. The molecule has 0 spiro atoms. The summed E-state index contributed by atoms with van der Waals surface area (Å²) in [4.78, 5) is 28.7. The monoisotopic (exact) mass is 352 g/mol. The molecule has 1 aliphatic heterocycles. The smallest absolute Gasteiger partial charge is 0.254 e. The van der Waals surface area contributed by atoms with Crippen LogP contribution in [-0.2, 0) is 14.6 Å². The summed E-state index contributed by atoms with van der Waals surface area (Å²) in [5.41, 5.74) is 0.404. The van der Waals surface area contributed by atoms with Crippen molar-refractivity contribution in [1.82, 2.24) is 9.80 Å². The molecule has 1 aromatic rings. The number of hydrogen-bond acceptors (Lipinski definition) is 4. The van der Waals surface area contributed by atoms with Crippen molar-refractivity contribution in [3.05, 3.63) is 29.8 Å². The highest BCUT2D eigenvalue weighted by atomic mass is 32.2. The van der Waals surface area contributed by atoms with E-state index >= 15 is 0 Å². The number of hydrogen-bond donors (Lipinski definition) is 0. The Morgan fingerprint density at radius 1 is 1.21 bits per heavy atom. The van der Waals surface area contributed by atoms with Crippen molar-refractivity contribution in [2.75, 3.05) is 26.4 Å². The van der Waals surface area contributed by atoms with E-state index in [9.17, 15) is 18.0 Å². The minimum atomic E-state index is -3.29. The number of sulfone groups is 1.